The number of sulfonamides is 1. The highest BCUT2D eigenvalue weighted by atomic mass is 35.5. The van der Waals surface area contributed by atoms with Crippen LogP contribution in [0.1, 0.15) is 27.6 Å². The fourth-order valence-corrected chi connectivity index (χ4v) is 4.50. The van der Waals surface area contributed by atoms with E-state index in [9.17, 15) is 13.2 Å². The van der Waals surface area contributed by atoms with Crippen LogP contribution >= 0.6 is 11.6 Å². The summed E-state index contributed by atoms with van der Waals surface area (Å²) >= 11 is 5.95. The molecule has 0 aliphatic carbocycles. The molecule has 26 heavy (non-hydrogen) atoms. The maximum Gasteiger partial charge on any atom is 0.269 e. The first-order valence-corrected chi connectivity index (χ1v) is 9.49. The molecular weight excluding hydrogens is 378 g/mol. The van der Waals surface area contributed by atoms with E-state index in [1.807, 2.05) is 12.1 Å². The SMILES string of the molecule is O=C1c2ccccc2S(=O)(=O)N1Cc1nc(Cc2cccc(Cl)c2)no1. The van der Waals surface area contributed by atoms with Crippen LogP contribution < -0.4 is 0 Å². The first-order valence-electron chi connectivity index (χ1n) is 7.67. The monoisotopic (exact) mass is 389 g/mol. The van der Waals surface area contributed by atoms with E-state index in [0.717, 1.165) is 9.87 Å². The van der Waals surface area contributed by atoms with E-state index < -0.39 is 15.9 Å². The third-order valence-corrected chi connectivity index (χ3v) is 5.97. The predicted molar refractivity (Wildman–Crippen MR) is 92.1 cm³/mol. The van der Waals surface area contributed by atoms with Crippen LogP contribution in [0.25, 0.3) is 0 Å². The Kier molecular flexibility index (Phi) is 4.01. The lowest BCUT2D eigenvalue weighted by atomic mass is 10.1. The van der Waals surface area contributed by atoms with Gasteiger partial charge in [0.05, 0.1) is 5.56 Å². The molecule has 2 heterocycles. The van der Waals surface area contributed by atoms with Crippen molar-refractivity contribution in [2.75, 3.05) is 0 Å². The number of nitrogens with zero attached hydrogens (tertiary/aromatic N) is 3. The number of carbonyl (C=O) groups is 1. The second-order valence-corrected chi connectivity index (χ2v) is 7.99. The van der Waals surface area contributed by atoms with Crippen molar-refractivity contribution in [2.24, 2.45) is 0 Å². The van der Waals surface area contributed by atoms with Crippen LogP contribution in [0, 0.1) is 0 Å². The van der Waals surface area contributed by atoms with Gasteiger partial charge < -0.3 is 4.52 Å². The van der Waals surface area contributed by atoms with Crippen molar-refractivity contribution in [1.82, 2.24) is 14.4 Å². The molecule has 0 saturated heterocycles. The number of amides is 1. The van der Waals surface area contributed by atoms with Crippen molar-refractivity contribution in [2.45, 2.75) is 17.9 Å². The number of aromatic nitrogens is 2. The highest BCUT2D eigenvalue weighted by Crippen LogP contribution is 2.31. The summed E-state index contributed by atoms with van der Waals surface area (Å²) in [6.45, 7) is -0.307. The number of fused-ring (bicyclic) bond motifs is 1. The Labute approximate surface area is 154 Å². The summed E-state index contributed by atoms with van der Waals surface area (Å²) in [5.41, 5.74) is 1.04. The van der Waals surface area contributed by atoms with Gasteiger partial charge in [-0.15, -0.1) is 0 Å². The Bertz CT molecular complexity index is 1110. The summed E-state index contributed by atoms with van der Waals surface area (Å²) in [4.78, 5) is 16.6. The van der Waals surface area contributed by atoms with Crippen molar-refractivity contribution in [3.8, 4) is 0 Å². The molecular formula is C17H12ClN3O4S. The zero-order valence-corrected chi connectivity index (χ0v) is 14.9. The van der Waals surface area contributed by atoms with E-state index >= 15 is 0 Å². The van der Waals surface area contributed by atoms with Crippen LogP contribution in [0.5, 0.6) is 0 Å². The number of carbonyl (C=O) groups excluding carboxylic acids is 1. The fraction of sp³-hybridized carbons (Fsp3) is 0.118. The normalized spacial score (nSPS) is 15.3. The topological polar surface area (TPSA) is 93.4 Å². The third-order valence-electron chi connectivity index (χ3n) is 3.95. The van der Waals surface area contributed by atoms with Crippen LogP contribution in [0.4, 0.5) is 0 Å². The molecule has 0 spiro atoms. The number of benzene rings is 2. The number of hydrogen-bond donors (Lipinski definition) is 0. The average Bonchev–Trinajstić information content (AvgIpc) is 3.12. The first kappa shape index (κ1) is 16.7. The summed E-state index contributed by atoms with van der Waals surface area (Å²) in [6, 6.07) is 13.3. The minimum Gasteiger partial charge on any atom is -0.337 e. The van der Waals surface area contributed by atoms with Gasteiger partial charge in [0.25, 0.3) is 15.9 Å². The van der Waals surface area contributed by atoms with E-state index in [1.165, 1.54) is 12.1 Å². The quantitative estimate of drug-likeness (QED) is 0.681. The van der Waals surface area contributed by atoms with Crippen LogP contribution in [0.2, 0.25) is 5.02 Å². The Morgan fingerprint density at radius 3 is 2.69 bits per heavy atom. The second kappa shape index (κ2) is 6.22. The van der Waals surface area contributed by atoms with Gasteiger partial charge in [-0.25, -0.2) is 12.7 Å². The molecule has 0 radical (unpaired) electrons. The van der Waals surface area contributed by atoms with E-state index in [-0.39, 0.29) is 22.9 Å². The van der Waals surface area contributed by atoms with Crippen LogP contribution in [-0.4, -0.2) is 28.8 Å². The van der Waals surface area contributed by atoms with Crippen LogP contribution in [0.3, 0.4) is 0 Å². The van der Waals surface area contributed by atoms with E-state index in [2.05, 4.69) is 10.1 Å². The number of halogens is 1. The second-order valence-electron chi connectivity index (χ2n) is 5.72. The molecule has 9 heteroatoms. The fourth-order valence-electron chi connectivity index (χ4n) is 2.77. The lowest BCUT2D eigenvalue weighted by Crippen LogP contribution is -2.29. The molecule has 1 aliphatic heterocycles. The maximum atomic E-state index is 12.5. The van der Waals surface area contributed by atoms with Crippen molar-refractivity contribution >= 4 is 27.5 Å². The zero-order chi connectivity index (χ0) is 18.3. The molecule has 0 bridgehead atoms. The minimum atomic E-state index is -3.91. The van der Waals surface area contributed by atoms with Gasteiger partial charge >= 0.3 is 0 Å². The van der Waals surface area contributed by atoms with Gasteiger partial charge in [-0.3, -0.25) is 4.79 Å². The highest BCUT2D eigenvalue weighted by molar-refractivity contribution is 7.90. The lowest BCUT2D eigenvalue weighted by molar-refractivity contribution is 0.0855. The van der Waals surface area contributed by atoms with Gasteiger partial charge in [0.2, 0.25) is 5.89 Å². The van der Waals surface area contributed by atoms with E-state index in [0.29, 0.717) is 17.3 Å². The molecule has 1 aromatic heterocycles. The van der Waals surface area contributed by atoms with Gasteiger partial charge in [0, 0.05) is 11.4 Å². The zero-order valence-electron chi connectivity index (χ0n) is 13.3. The van der Waals surface area contributed by atoms with Crippen molar-refractivity contribution in [1.29, 1.82) is 0 Å². The van der Waals surface area contributed by atoms with Gasteiger partial charge in [-0.1, -0.05) is 41.0 Å². The molecule has 7 nitrogen and oxygen atoms in total. The largest absolute Gasteiger partial charge is 0.337 e. The summed E-state index contributed by atoms with van der Waals surface area (Å²) in [6.07, 6.45) is 0.380. The standard InChI is InChI=1S/C17H12ClN3O4S/c18-12-5-3-4-11(8-12)9-15-19-16(25-20-15)10-21-17(22)13-6-1-2-7-14(13)26(21,23)24/h1-8H,9-10H2. The summed E-state index contributed by atoms with van der Waals surface area (Å²) in [7, 11) is -3.91. The molecule has 0 atom stereocenters. The molecule has 2 aromatic carbocycles. The van der Waals surface area contributed by atoms with Gasteiger partial charge in [-0.05, 0) is 29.8 Å². The molecule has 3 aromatic rings. The van der Waals surface area contributed by atoms with Crippen molar-refractivity contribution in [3.05, 3.63) is 76.4 Å². The van der Waals surface area contributed by atoms with E-state index in [1.54, 1.807) is 24.3 Å². The van der Waals surface area contributed by atoms with Crippen LogP contribution in [-0.2, 0) is 23.0 Å². The Morgan fingerprint density at radius 2 is 1.92 bits per heavy atom. The molecule has 0 fully saturated rings. The minimum absolute atomic E-state index is 0.0105. The molecule has 0 unspecified atom stereocenters. The summed E-state index contributed by atoms with van der Waals surface area (Å²) in [5, 5.41) is 4.44. The number of hydrogen-bond acceptors (Lipinski definition) is 6. The average molecular weight is 390 g/mol. The third kappa shape index (κ3) is 2.87. The Hall–Kier alpha value is -2.71. The van der Waals surface area contributed by atoms with Gasteiger partial charge in [0.15, 0.2) is 5.82 Å². The predicted octanol–water partition coefficient (Wildman–Crippen LogP) is 2.66. The Balaban J connectivity index is 1.56. The number of rotatable bonds is 4. The molecule has 0 N–H and O–H groups in total. The highest BCUT2D eigenvalue weighted by Gasteiger charge is 2.41. The van der Waals surface area contributed by atoms with Gasteiger partial charge in [0.1, 0.15) is 11.4 Å². The maximum absolute atomic E-state index is 12.5. The van der Waals surface area contributed by atoms with Gasteiger partial charge in [-0.2, -0.15) is 4.98 Å². The Morgan fingerprint density at radius 1 is 1.12 bits per heavy atom. The van der Waals surface area contributed by atoms with Crippen molar-refractivity contribution in [3.63, 3.8) is 0 Å². The summed E-state index contributed by atoms with van der Waals surface area (Å²) < 4.78 is 30.9. The molecule has 132 valence electrons. The first-order chi connectivity index (χ1) is 12.4. The molecule has 4 rings (SSSR count). The molecule has 0 saturated carbocycles. The molecule has 1 aliphatic rings. The van der Waals surface area contributed by atoms with E-state index in [4.69, 9.17) is 16.1 Å². The van der Waals surface area contributed by atoms with Crippen molar-refractivity contribution < 1.29 is 17.7 Å². The molecule has 1 amide bonds. The van der Waals surface area contributed by atoms with Crippen LogP contribution in [0.15, 0.2) is 57.9 Å². The summed E-state index contributed by atoms with van der Waals surface area (Å²) in [5.74, 6) is -0.175. The smallest absolute Gasteiger partial charge is 0.269 e. The lowest BCUT2D eigenvalue weighted by Gasteiger charge is -2.11.